The number of nitrogens with two attached hydrogens (primary N) is 1. The van der Waals surface area contributed by atoms with E-state index >= 15 is 0 Å². The van der Waals surface area contributed by atoms with Crippen LogP contribution in [0.25, 0.3) is 0 Å². The van der Waals surface area contributed by atoms with E-state index < -0.39 is 0 Å². The van der Waals surface area contributed by atoms with Crippen LogP contribution in [-0.2, 0) is 0 Å². The van der Waals surface area contributed by atoms with Crippen LogP contribution in [0.3, 0.4) is 0 Å². The molecule has 0 amide bonds. The molecule has 2 N–H and O–H groups in total. The lowest BCUT2D eigenvalue weighted by atomic mass is 10.2. The van der Waals surface area contributed by atoms with Gasteiger partial charge in [-0.2, -0.15) is 0 Å². The molecule has 5 nitrogen and oxygen atoms in total. The summed E-state index contributed by atoms with van der Waals surface area (Å²) in [6, 6.07) is 7.66. The highest BCUT2D eigenvalue weighted by atomic mass is 16.6. The molecule has 1 unspecified atom stereocenters. The van der Waals surface area contributed by atoms with Gasteiger partial charge in [0.2, 0.25) is 0 Å². The van der Waals surface area contributed by atoms with Crippen molar-refractivity contribution < 1.29 is 9.47 Å². The molecule has 104 valence electrons. The summed E-state index contributed by atoms with van der Waals surface area (Å²) in [4.78, 5) is 6.39. The Balaban J connectivity index is 1.94. The fraction of sp³-hybridized carbons (Fsp3) is 0.500. The first-order valence-corrected chi connectivity index (χ1v) is 6.68. The van der Waals surface area contributed by atoms with Crippen molar-refractivity contribution in [3.8, 4) is 11.5 Å². The molecule has 0 spiro atoms. The summed E-state index contributed by atoms with van der Waals surface area (Å²) in [5.74, 6) is 2.13. The largest absolute Gasteiger partial charge is 0.486 e. The number of nitrogens with zero attached hydrogens (tertiary/aromatic N) is 2. The third-order valence-electron chi connectivity index (χ3n) is 3.11. The van der Waals surface area contributed by atoms with Crippen molar-refractivity contribution in [2.24, 2.45) is 10.7 Å². The van der Waals surface area contributed by atoms with Gasteiger partial charge in [-0.3, -0.25) is 0 Å². The van der Waals surface area contributed by atoms with E-state index in [0.29, 0.717) is 19.1 Å². The van der Waals surface area contributed by atoms with Crippen LogP contribution in [-0.4, -0.2) is 43.2 Å². The van der Waals surface area contributed by atoms with Crippen LogP contribution < -0.4 is 15.2 Å². The Hall–Kier alpha value is -1.91. The van der Waals surface area contributed by atoms with Gasteiger partial charge in [-0.05, 0) is 26.0 Å². The van der Waals surface area contributed by atoms with Crippen molar-refractivity contribution in [3.63, 3.8) is 0 Å². The van der Waals surface area contributed by atoms with E-state index in [-0.39, 0.29) is 6.10 Å². The number of guanidine groups is 1. The second-order valence-electron chi connectivity index (χ2n) is 4.37. The van der Waals surface area contributed by atoms with Gasteiger partial charge in [0, 0.05) is 13.1 Å². The molecule has 2 rings (SSSR count). The van der Waals surface area contributed by atoms with E-state index in [2.05, 4.69) is 18.8 Å². The van der Waals surface area contributed by atoms with Gasteiger partial charge in [0.25, 0.3) is 0 Å². The number of para-hydroxylation sites is 2. The van der Waals surface area contributed by atoms with Gasteiger partial charge in [-0.15, -0.1) is 0 Å². The first-order chi connectivity index (χ1) is 9.24. The molecule has 1 aliphatic rings. The van der Waals surface area contributed by atoms with Crippen molar-refractivity contribution in [1.82, 2.24) is 4.90 Å². The molecular formula is C14H21N3O2. The predicted molar refractivity (Wildman–Crippen MR) is 75.8 cm³/mol. The Bertz CT molecular complexity index is 444. The van der Waals surface area contributed by atoms with Crippen molar-refractivity contribution >= 4 is 5.96 Å². The zero-order chi connectivity index (χ0) is 13.7. The third-order valence-corrected chi connectivity index (χ3v) is 3.11. The second-order valence-corrected chi connectivity index (χ2v) is 4.37. The first kappa shape index (κ1) is 13.5. The van der Waals surface area contributed by atoms with Crippen LogP contribution in [0.4, 0.5) is 0 Å². The predicted octanol–water partition coefficient (Wildman–Crippen LogP) is 1.48. The van der Waals surface area contributed by atoms with Gasteiger partial charge >= 0.3 is 0 Å². The Labute approximate surface area is 114 Å². The standard InChI is InChI=1S/C14H21N3O2/c1-3-17(4-2)14(15)16-9-11-10-18-12-7-5-6-8-13(12)19-11/h5-8,11H,3-4,9-10H2,1-2H3,(H2,15,16). The topological polar surface area (TPSA) is 60.1 Å². The fourth-order valence-corrected chi connectivity index (χ4v) is 2.00. The molecule has 0 radical (unpaired) electrons. The Morgan fingerprint density at radius 1 is 1.32 bits per heavy atom. The number of rotatable bonds is 4. The summed E-state index contributed by atoms with van der Waals surface area (Å²) < 4.78 is 11.5. The average Bonchev–Trinajstić information content (AvgIpc) is 2.46. The number of hydrogen-bond acceptors (Lipinski definition) is 3. The minimum Gasteiger partial charge on any atom is -0.486 e. The van der Waals surface area contributed by atoms with Gasteiger partial charge in [-0.1, -0.05) is 12.1 Å². The highest BCUT2D eigenvalue weighted by Gasteiger charge is 2.20. The minimum absolute atomic E-state index is 0.0796. The van der Waals surface area contributed by atoms with Gasteiger partial charge < -0.3 is 20.1 Å². The van der Waals surface area contributed by atoms with Crippen LogP contribution in [0, 0.1) is 0 Å². The lowest BCUT2D eigenvalue weighted by molar-refractivity contribution is 0.0970. The molecule has 0 aliphatic carbocycles. The van der Waals surface area contributed by atoms with E-state index in [9.17, 15) is 0 Å². The average molecular weight is 263 g/mol. The summed E-state index contributed by atoms with van der Waals surface area (Å²) in [5.41, 5.74) is 5.93. The van der Waals surface area contributed by atoms with Crippen molar-refractivity contribution in [3.05, 3.63) is 24.3 Å². The Morgan fingerprint density at radius 2 is 2.00 bits per heavy atom. The van der Waals surface area contributed by atoms with E-state index in [1.165, 1.54) is 0 Å². The summed E-state index contributed by atoms with van der Waals surface area (Å²) in [6.07, 6.45) is -0.0796. The zero-order valence-corrected chi connectivity index (χ0v) is 11.5. The highest BCUT2D eigenvalue weighted by molar-refractivity contribution is 5.78. The monoisotopic (exact) mass is 263 g/mol. The van der Waals surface area contributed by atoms with Gasteiger partial charge in [0.05, 0.1) is 6.54 Å². The molecule has 0 saturated heterocycles. The maximum absolute atomic E-state index is 5.93. The smallest absolute Gasteiger partial charge is 0.191 e. The van der Waals surface area contributed by atoms with Gasteiger partial charge in [-0.25, -0.2) is 4.99 Å². The van der Waals surface area contributed by atoms with E-state index in [1.807, 2.05) is 29.2 Å². The molecule has 1 atom stereocenters. The molecule has 0 aromatic heterocycles. The van der Waals surface area contributed by atoms with Crippen LogP contribution in [0.15, 0.2) is 29.3 Å². The van der Waals surface area contributed by atoms with Crippen LogP contribution in [0.1, 0.15) is 13.8 Å². The van der Waals surface area contributed by atoms with Gasteiger partial charge in [0.15, 0.2) is 23.6 Å². The third kappa shape index (κ3) is 3.30. The number of fused-ring (bicyclic) bond motifs is 1. The van der Waals surface area contributed by atoms with Crippen LogP contribution in [0.5, 0.6) is 11.5 Å². The molecule has 1 aliphatic heterocycles. The molecule has 1 heterocycles. The maximum atomic E-state index is 5.93. The molecule has 1 aromatic rings. The number of benzene rings is 1. The summed E-state index contributed by atoms with van der Waals surface area (Å²) in [6.45, 7) is 6.85. The quantitative estimate of drug-likeness (QED) is 0.660. The summed E-state index contributed by atoms with van der Waals surface area (Å²) in [7, 11) is 0. The molecular weight excluding hydrogens is 242 g/mol. The molecule has 0 bridgehead atoms. The molecule has 1 aromatic carbocycles. The van der Waals surface area contributed by atoms with Crippen molar-refractivity contribution in [2.45, 2.75) is 20.0 Å². The second kappa shape index (κ2) is 6.31. The van der Waals surface area contributed by atoms with Crippen LogP contribution in [0.2, 0.25) is 0 Å². The van der Waals surface area contributed by atoms with Crippen LogP contribution >= 0.6 is 0 Å². The lowest BCUT2D eigenvalue weighted by Gasteiger charge is -2.26. The molecule has 19 heavy (non-hydrogen) atoms. The summed E-state index contributed by atoms with van der Waals surface area (Å²) in [5, 5.41) is 0. The fourth-order valence-electron chi connectivity index (χ4n) is 2.00. The number of hydrogen-bond donors (Lipinski definition) is 1. The SMILES string of the molecule is CCN(CC)C(N)=NCC1COc2ccccc2O1. The van der Waals surface area contributed by atoms with E-state index in [0.717, 1.165) is 24.6 Å². The Morgan fingerprint density at radius 3 is 2.68 bits per heavy atom. The Kier molecular flexibility index (Phi) is 4.49. The molecule has 5 heteroatoms. The normalized spacial score (nSPS) is 18.2. The lowest BCUT2D eigenvalue weighted by Crippen LogP contribution is -2.39. The zero-order valence-electron chi connectivity index (χ0n) is 11.5. The molecule has 0 fully saturated rings. The molecule has 0 saturated carbocycles. The minimum atomic E-state index is -0.0796. The van der Waals surface area contributed by atoms with E-state index in [1.54, 1.807) is 0 Å². The maximum Gasteiger partial charge on any atom is 0.191 e. The first-order valence-electron chi connectivity index (χ1n) is 6.68. The summed E-state index contributed by atoms with van der Waals surface area (Å²) >= 11 is 0. The highest BCUT2D eigenvalue weighted by Crippen LogP contribution is 2.30. The van der Waals surface area contributed by atoms with Crippen molar-refractivity contribution in [2.75, 3.05) is 26.2 Å². The number of aliphatic imine (C=N–C) groups is 1. The van der Waals surface area contributed by atoms with Crippen molar-refractivity contribution in [1.29, 1.82) is 0 Å². The number of ether oxygens (including phenoxy) is 2. The van der Waals surface area contributed by atoms with Gasteiger partial charge in [0.1, 0.15) is 6.61 Å². The van der Waals surface area contributed by atoms with E-state index in [4.69, 9.17) is 15.2 Å².